The number of hydrogen-bond donors (Lipinski definition) is 1. The average Bonchev–Trinajstić information content (AvgIpc) is 2.73. The van der Waals surface area contributed by atoms with Gasteiger partial charge in [-0.25, -0.2) is 12.8 Å². The number of rotatable bonds is 7. The van der Waals surface area contributed by atoms with Gasteiger partial charge in [0.2, 0.25) is 0 Å². The molecule has 0 spiro atoms. The Bertz CT molecular complexity index is 1190. The van der Waals surface area contributed by atoms with Gasteiger partial charge in [0.1, 0.15) is 5.82 Å². The minimum atomic E-state index is -4.05. The average molecular weight is 444 g/mol. The molecule has 0 atom stereocenters. The highest BCUT2D eigenvalue weighted by molar-refractivity contribution is 8.14. The zero-order valence-corrected chi connectivity index (χ0v) is 17.6. The van der Waals surface area contributed by atoms with Crippen molar-refractivity contribution in [2.45, 2.75) is 11.8 Å². The van der Waals surface area contributed by atoms with E-state index in [0.717, 1.165) is 11.8 Å². The molecular formula is C22H18FNO4S2. The van der Waals surface area contributed by atoms with Crippen LogP contribution in [-0.4, -0.2) is 25.1 Å². The van der Waals surface area contributed by atoms with Crippen LogP contribution in [0.25, 0.3) is 11.1 Å². The van der Waals surface area contributed by atoms with Crippen molar-refractivity contribution in [1.82, 2.24) is 0 Å². The minimum absolute atomic E-state index is 0.0155. The standard InChI is InChI=1S/C22H18FNO4S2/c1-15(25)29-14-21(26)19-7-3-5-9-22(19)30(27,28)24-17-12-10-16(11-13-17)18-6-2-4-8-20(18)23/h2-13,24H,14H2,1H3. The SMILES string of the molecule is CC(=O)SCC(=O)c1ccccc1S(=O)(=O)Nc1ccc(-c2ccccc2F)cc1. The summed E-state index contributed by atoms with van der Waals surface area (Å²) in [5.41, 5.74) is 1.30. The second-order valence-corrected chi connectivity index (χ2v) is 9.17. The van der Waals surface area contributed by atoms with Gasteiger partial charge in [0, 0.05) is 23.7 Å². The normalized spacial score (nSPS) is 11.1. The van der Waals surface area contributed by atoms with Crippen molar-refractivity contribution in [2.75, 3.05) is 10.5 Å². The molecule has 0 saturated heterocycles. The Hall–Kier alpha value is -2.97. The number of benzene rings is 3. The summed E-state index contributed by atoms with van der Waals surface area (Å²) >= 11 is 0.824. The number of Topliss-reactive ketones (excluding diaryl/α,β-unsaturated/α-hetero) is 1. The molecule has 3 rings (SSSR count). The zero-order chi connectivity index (χ0) is 21.7. The van der Waals surface area contributed by atoms with Crippen LogP contribution in [0.3, 0.4) is 0 Å². The first-order valence-electron chi connectivity index (χ1n) is 8.91. The fourth-order valence-corrected chi connectivity index (χ4v) is 4.57. The molecule has 0 fully saturated rings. The second-order valence-electron chi connectivity index (χ2n) is 6.36. The molecule has 0 radical (unpaired) electrons. The predicted octanol–water partition coefficient (Wildman–Crippen LogP) is 4.76. The first-order valence-corrected chi connectivity index (χ1v) is 11.4. The Kier molecular flexibility index (Phi) is 6.69. The summed E-state index contributed by atoms with van der Waals surface area (Å²) < 4.78 is 42.1. The smallest absolute Gasteiger partial charge is 0.262 e. The molecule has 30 heavy (non-hydrogen) atoms. The lowest BCUT2D eigenvalue weighted by molar-refractivity contribution is -0.109. The van der Waals surface area contributed by atoms with E-state index >= 15 is 0 Å². The van der Waals surface area contributed by atoms with Crippen LogP contribution in [0.2, 0.25) is 0 Å². The summed E-state index contributed by atoms with van der Waals surface area (Å²) in [6, 6.07) is 18.4. The van der Waals surface area contributed by atoms with E-state index in [1.54, 1.807) is 36.4 Å². The van der Waals surface area contributed by atoms with E-state index in [4.69, 9.17) is 0 Å². The Balaban J connectivity index is 1.85. The quantitative estimate of drug-likeness (QED) is 0.533. The largest absolute Gasteiger partial charge is 0.293 e. The molecular weight excluding hydrogens is 425 g/mol. The van der Waals surface area contributed by atoms with E-state index in [1.165, 1.54) is 43.3 Å². The molecule has 0 saturated carbocycles. The number of hydrogen-bond acceptors (Lipinski definition) is 5. The third-order valence-electron chi connectivity index (χ3n) is 4.21. The molecule has 0 bridgehead atoms. The van der Waals surface area contributed by atoms with Crippen molar-refractivity contribution in [2.24, 2.45) is 0 Å². The van der Waals surface area contributed by atoms with Crippen molar-refractivity contribution in [3.8, 4) is 11.1 Å². The van der Waals surface area contributed by atoms with Crippen LogP contribution in [0.1, 0.15) is 17.3 Å². The van der Waals surface area contributed by atoms with Gasteiger partial charge in [0.25, 0.3) is 10.0 Å². The van der Waals surface area contributed by atoms with E-state index in [2.05, 4.69) is 4.72 Å². The maximum atomic E-state index is 13.9. The molecule has 0 aromatic heterocycles. The predicted molar refractivity (Wildman–Crippen MR) is 117 cm³/mol. The Labute approximate surface area is 178 Å². The van der Waals surface area contributed by atoms with Crippen molar-refractivity contribution in [3.63, 3.8) is 0 Å². The first-order chi connectivity index (χ1) is 14.3. The molecule has 154 valence electrons. The first kappa shape index (κ1) is 21.7. The lowest BCUT2D eigenvalue weighted by atomic mass is 10.1. The summed E-state index contributed by atoms with van der Waals surface area (Å²) in [6.45, 7) is 1.34. The lowest BCUT2D eigenvalue weighted by Crippen LogP contribution is -2.18. The fraction of sp³-hybridized carbons (Fsp3) is 0.0909. The van der Waals surface area contributed by atoms with Crippen molar-refractivity contribution < 1.29 is 22.4 Å². The van der Waals surface area contributed by atoms with Gasteiger partial charge in [-0.15, -0.1) is 0 Å². The van der Waals surface area contributed by atoms with E-state index in [-0.39, 0.29) is 32.8 Å². The van der Waals surface area contributed by atoms with Gasteiger partial charge in [-0.2, -0.15) is 0 Å². The van der Waals surface area contributed by atoms with Crippen LogP contribution >= 0.6 is 11.8 Å². The van der Waals surface area contributed by atoms with Gasteiger partial charge in [-0.1, -0.05) is 54.2 Å². The van der Waals surface area contributed by atoms with Crippen LogP contribution < -0.4 is 4.72 Å². The fourth-order valence-electron chi connectivity index (χ4n) is 2.80. The zero-order valence-electron chi connectivity index (χ0n) is 16.0. The molecule has 0 aliphatic heterocycles. The summed E-state index contributed by atoms with van der Waals surface area (Å²) in [5.74, 6) is -0.966. The molecule has 8 heteroatoms. The minimum Gasteiger partial charge on any atom is -0.293 e. The Morgan fingerprint density at radius 2 is 1.57 bits per heavy atom. The van der Waals surface area contributed by atoms with Crippen LogP contribution in [0, 0.1) is 5.82 Å². The number of halogens is 1. The third kappa shape index (κ3) is 5.14. The molecule has 3 aromatic rings. The molecule has 0 amide bonds. The molecule has 3 aromatic carbocycles. The van der Waals surface area contributed by atoms with Crippen LogP contribution in [0.5, 0.6) is 0 Å². The Morgan fingerprint density at radius 3 is 2.23 bits per heavy atom. The highest BCUT2D eigenvalue weighted by atomic mass is 32.2. The highest BCUT2D eigenvalue weighted by Gasteiger charge is 2.22. The number of ketones is 1. The van der Waals surface area contributed by atoms with Gasteiger partial charge in [0.15, 0.2) is 10.9 Å². The number of sulfonamides is 1. The van der Waals surface area contributed by atoms with Crippen LogP contribution in [0.15, 0.2) is 77.7 Å². The van der Waals surface area contributed by atoms with Crippen LogP contribution in [0.4, 0.5) is 10.1 Å². The van der Waals surface area contributed by atoms with Gasteiger partial charge >= 0.3 is 0 Å². The van der Waals surface area contributed by atoms with Gasteiger partial charge in [-0.3, -0.25) is 14.3 Å². The topological polar surface area (TPSA) is 80.3 Å². The third-order valence-corrected chi connectivity index (χ3v) is 6.46. The number of carbonyl (C=O) groups is 2. The number of anilines is 1. The molecule has 0 unspecified atom stereocenters. The summed E-state index contributed by atoms with van der Waals surface area (Å²) in [5, 5.41) is -0.225. The van der Waals surface area contributed by atoms with Gasteiger partial charge < -0.3 is 0 Å². The highest BCUT2D eigenvalue weighted by Crippen LogP contribution is 2.26. The summed E-state index contributed by atoms with van der Waals surface area (Å²) in [6.07, 6.45) is 0. The second kappa shape index (κ2) is 9.23. The Morgan fingerprint density at radius 1 is 0.933 bits per heavy atom. The molecule has 0 heterocycles. The molecule has 1 N–H and O–H groups in total. The van der Waals surface area contributed by atoms with Crippen molar-refractivity contribution >= 4 is 38.4 Å². The van der Waals surface area contributed by atoms with Crippen molar-refractivity contribution in [3.05, 3.63) is 84.2 Å². The summed E-state index contributed by atoms with van der Waals surface area (Å²) in [7, 11) is -4.05. The molecule has 0 aliphatic carbocycles. The van der Waals surface area contributed by atoms with Crippen LogP contribution in [-0.2, 0) is 14.8 Å². The summed E-state index contributed by atoms with van der Waals surface area (Å²) in [4.78, 5) is 23.3. The number of carbonyl (C=O) groups excluding carboxylic acids is 2. The van der Waals surface area contributed by atoms with Gasteiger partial charge in [0.05, 0.1) is 10.6 Å². The monoisotopic (exact) mass is 443 g/mol. The molecule has 0 aliphatic rings. The van der Waals surface area contributed by atoms with E-state index in [9.17, 15) is 22.4 Å². The lowest BCUT2D eigenvalue weighted by Gasteiger charge is -2.12. The van der Waals surface area contributed by atoms with E-state index in [1.807, 2.05) is 0 Å². The van der Waals surface area contributed by atoms with E-state index in [0.29, 0.717) is 11.1 Å². The van der Waals surface area contributed by atoms with Gasteiger partial charge in [-0.05, 0) is 35.9 Å². The number of nitrogens with one attached hydrogen (secondary N) is 1. The maximum absolute atomic E-state index is 13.9. The van der Waals surface area contributed by atoms with E-state index < -0.39 is 15.8 Å². The van der Waals surface area contributed by atoms with Crippen molar-refractivity contribution in [1.29, 1.82) is 0 Å². The maximum Gasteiger partial charge on any atom is 0.262 e. The molecule has 5 nitrogen and oxygen atoms in total. The number of thioether (sulfide) groups is 1.